The average Bonchev–Trinajstić information content (AvgIpc) is 3.11. The van der Waals surface area contributed by atoms with Crippen molar-refractivity contribution in [1.29, 1.82) is 0 Å². The summed E-state index contributed by atoms with van der Waals surface area (Å²) in [5, 5.41) is 0.756. The number of ether oxygens (including phenoxy) is 1. The molecule has 2 aromatic carbocycles. The molecule has 3 aromatic rings. The molecule has 0 unspecified atom stereocenters. The minimum atomic E-state index is -4.09. The summed E-state index contributed by atoms with van der Waals surface area (Å²) in [5.41, 5.74) is 2.72. The van der Waals surface area contributed by atoms with Gasteiger partial charge >= 0.3 is 0 Å². The maximum Gasteiger partial charge on any atom is 0.264 e. The molecule has 30 heavy (non-hydrogen) atoms. The second kappa shape index (κ2) is 7.95. The SMILES string of the molecule is CCOc1cccc2[nH]cc(CC(=O)NS(=O)(=O)c3ccc4c(c3)C(=O)CCC4)c12. The number of fused-ring (bicyclic) bond motifs is 2. The number of sulfonamides is 1. The van der Waals surface area contributed by atoms with Crippen molar-refractivity contribution >= 4 is 32.6 Å². The molecule has 1 amide bonds. The number of aromatic nitrogens is 1. The molecule has 1 aliphatic carbocycles. The zero-order chi connectivity index (χ0) is 21.3. The molecule has 1 aliphatic rings. The van der Waals surface area contributed by atoms with Crippen LogP contribution < -0.4 is 9.46 Å². The highest BCUT2D eigenvalue weighted by Crippen LogP contribution is 2.29. The van der Waals surface area contributed by atoms with Crippen LogP contribution in [-0.2, 0) is 27.7 Å². The number of hydrogen-bond acceptors (Lipinski definition) is 5. The molecular weight excluding hydrogens is 404 g/mol. The summed E-state index contributed by atoms with van der Waals surface area (Å²) in [4.78, 5) is 27.7. The van der Waals surface area contributed by atoms with E-state index in [-0.39, 0.29) is 17.1 Å². The number of aryl methyl sites for hydroxylation is 1. The van der Waals surface area contributed by atoms with Gasteiger partial charge in [0.05, 0.1) is 17.9 Å². The quantitative estimate of drug-likeness (QED) is 0.630. The van der Waals surface area contributed by atoms with E-state index in [1.807, 2.05) is 25.1 Å². The predicted octanol–water partition coefficient (Wildman–Crippen LogP) is 3.13. The first-order valence-corrected chi connectivity index (χ1v) is 11.3. The summed E-state index contributed by atoms with van der Waals surface area (Å²) in [7, 11) is -4.09. The molecule has 0 saturated heterocycles. The average molecular weight is 426 g/mol. The fraction of sp³-hybridized carbons (Fsp3) is 0.273. The Morgan fingerprint density at radius 1 is 1.20 bits per heavy atom. The van der Waals surface area contributed by atoms with E-state index >= 15 is 0 Å². The standard InChI is InChI=1S/C22H22N2O5S/c1-2-29-20-8-4-6-18-22(20)15(13-23-18)11-21(26)24-30(27,28)16-10-9-14-5-3-7-19(25)17(14)12-16/h4,6,8-10,12-13,23H,2-3,5,7,11H2,1H3,(H,24,26). The van der Waals surface area contributed by atoms with Crippen molar-refractivity contribution in [2.45, 2.75) is 37.5 Å². The minimum Gasteiger partial charge on any atom is -0.493 e. The molecule has 0 bridgehead atoms. The Balaban J connectivity index is 1.56. The molecule has 2 N–H and O–H groups in total. The van der Waals surface area contributed by atoms with Gasteiger partial charge in [0.1, 0.15) is 5.75 Å². The van der Waals surface area contributed by atoms with Gasteiger partial charge in [0.15, 0.2) is 5.78 Å². The fourth-order valence-corrected chi connectivity index (χ4v) is 4.84. The number of H-pyrrole nitrogens is 1. The number of benzene rings is 2. The Labute approximate surface area is 174 Å². The number of aromatic amines is 1. The Hall–Kier alpha value is -3.13. The zero-order valence-corrected chi connectivity index (χ0v) is 17.3. The van der Waals surface area contributed by atoms with Crippen LogP contribution in [0.25, 0.3) is 10.9 Å². The summed E-state index contributed by atoms with van der Waals surface area (Å²) in [6.07, 6.45) is 3.47. The lowest BCUT2D eigenvalue weighted by Gasteiger charge is -2.16. The molecule has 7 nitrogen and oxygen atoms in total. The van der Waals surface area contributed by atoms with E-state index < -0.39 is 15.9 Å². The summed E-state index contributed by atoms with van der Waals surface area (Å²) in [6.45, 7) is 2.34. The second-order valence-electron chi connectivity index (χ2n) is 7.23. The smallest absolute Gasteiger partial charge is 0.264 e. The number of carbonyl (C=O) groups is 2. The van der Waals surface area contributed by atoms with E-state index in [9.17, 15) is 18.0 Å². The monoisotopic (exact) mass is 426 g/mol. The molecular formula is C22H22N2O5S. The van der Waals surface area contributed by atoms with Crippen molar-refractivity contribution in [2.75, 3.05) is 6.61 Å². The van der Waals surface area contributed by atoms with Gasteiger partial charge in [-0.2, -0.15) is 0 Å². The molecule has 0 saturated carbocycles. The van der Waals surface area contributed by atoms with Gasteiger partial charge in [-0.05, 0) is 55.2 Å². The Morgan fingerprint density at radius 2 is 2.03 bits per heavy atom. The molecule has 4 rings (SSSR count). The fourth-order valence-electron chi connectivity index (χ4n) is 3.83. The Morgan fingerprint density at radius 3 is 2.83 bits per heavy atom. The topological polar surface area (TPSA) is 105 Å². The lowest BCUT2D eigenvalue weighted by molar-refractivity contribution is -0.118. The van der Waals surface area contributed by atoms with E-state index in [0.29, 0.717) is 29.9 Å². The largest absolute Gasteiger partial charge is 0.493 e. The van der Waals surface area contributed by atoms with Gasteiger partial charge in [0.25, 0.3) is 10.0 Å². The first-order chi connectivity index (χ1) is 14.4. The van der Waals surface area contributed by atoms with Crippen LogP contribution in [0.4, 0.5) is 0 Å². The van der Waals surface area contributed by atoms with Gasteiger partial charge in [-0.25, -0.2) is 13.1 Å². The van der Waals surface area contributed by atoms with Gasteiger partial charge in [-0.3, -0.25) is 9.59 Å². The number of Topliss-reactive ketones (excluding diaryl/α,β-unsaturated/α-hetero) is 1. The molecule has 0 aliphatic heterocycles. The number of hydrogen-bond donors (Lipinski definition) is 2. The van der Waals surface area contributed by atoms with Crippen molar-refractivity contribution in [1.82, 2.24) is 9.71 Å². The van der Waals surface area contributed by atoms with Crippen molar-refractivity contribution in [3.63, 3.8) is 0 Å². The summed E-state index contributed by atoms with van der Waals surface area (Å²) in [5.74, 6) is -0.0942. The van der Waals surface area contributed by atoms with Crippen LogP contribution in [0.5, 0.6) is 5.75 Å². The highest BCUT2D eigenvalue weighted by Gasteiger charge is 2.24. The lowest BCUT2D eigenvalue weighted by atomic mass is 9.91. The van der Waals surface area contributed by atoms with Gasteiger partial charge in [0, 0.05) is 29.1 Å². The summed E-state index contributed by atoms with van der Waals surface area (Å²) < 4.78 is 33.2. The molecule has 0 radical (unpaired) electrons. The Kier molecular flexibility index (Phi) is 5.34. The molecule has 8 heteroatoms. The number of carbonyl (C=O) groups excluding carboxylic acids is 2. The van der Waals surface area contributed by atoms with Crippen LogP contribution in [0, 0.1) is 0 Å². The van der Waals surface area contributed by atoms with Gasteiger partial charge in [-0.15, -0.1) is 0 Å². The summed E-state index contributed by atoms with van der Waals surface area (Å²) in [6, 6.07) is 9.97. The molecule has 0 fully saturated rings. The van der Waals surface area contributed by atoms with E-state index in [4.69, 9.17) is 4.74 Å². The molecule has 1 heterocycles. The highest BCUT2D eigenvalue weighted by molar-refractivity contribution is 7.90. The van der Waals surface area contributed by atoms with Crippen molar-refractivity contribution in [3.05, 3.63) is 59.3 Å². The van der Waals surface area contributed by atoms with Crippen molar-refractivity contribution < 1.29 is 22.7 Å². The third kappa shape index (κ3) is 3.82. The van der Waals surface area contributed by atoms with Gasteiger partial charge < -0.3 is 9.72 Å². The first kappa shape index (κ1) is 20.2. The number of nitrogens with one attached hydrogen (secondary N) is 2. The third-order valence-corrected chi connectivity index (χ3v) is 6.56. The zero-order valence-electron chi connectivity index (χ0n) is 16.5. The molecule has 0 atom stereocenters. The van der Waals surface area contributed by atoms with E-state index in [0.717, 1.165) is 29.3 Å². The number of amides is 1. The van der Waals surface area contributed by atoms with Crippen LogP contribution in [0.3, 0.4) is 0 Å². The first-order valence-electron chi connectivity index (χ1n) is 9.82. The molecule has 156 valence electrons. The van der Waals surface area contributed by atoms with Crippen molar-refractivity contribution in [2.24, 2.45) is 0 Å². The lowest BCUT2D eigenvalue weighted by Crippen LogP contribution is -2.32. The predicted molar refractivity (Wildman–Crippen MR) is 112 cm³/mol. The van der Waals surface area contributed by atoms with Crippen LogP contribution in [0.1, 0.15) is 41.3 Å². The highest BCUT2D eigenvalue weighted by atomic mass is 32.2. The normalized spacial score (nSPS) is 13.8. The second-order valence-corrected chi connectivity index (χ2v) is 8.91. The minimum absolute atomic E-state index is 0.0677. The van der Waals surface area contributed by atoms with Gasteiger partial charge in [0.2, 0.25) is 5.91 Å². The van der Waals surface area contributed by atoms with Crippen LogP contribution in [0.15, 0.2) is 47.5 Å². The summed E-state index contributed by atoms with van der Waals surface area (Å²) >= 11 is 0. The van der Waals surface area contributed by atoms with Crippen LogP contribution >= 0.6 is 0 Å². The van der Waals surface area contributed by atoms with Crippen molar-refractivity contribution in [3.8, 4) is 5.75 Å². The number of rotatable bonds is 6. The maximum absolute atomic E-state index is 12.7. The van der Waals surface area contributed by atoms with Crippen LogP contribution in [-0.4, -0.2) is 31.7 Å². The van der Waals surface area contributed by atoms with E-state index in [1.165, 1.54) is 12.1 Å². The molecule has 1 aromatic heterocycles. The third-order valence-electron chi connectivity index (χ3n) is 5.19. The Bertz CT molecular complexity index is 1240. The van der Waals surface area contributed by atoms with E-state index in [1.54, 1.807) is 12.3 Å². The van der Waals surface area contributed by atoms with Crippen LogP contribution in [0.2, 0.25) is 0 Å². The number of ketones is 1. The maximum atomic E-state index is 12.7. The van der Waals surface area contributed by atoms with E-state index in [2.05, 4.69) is 9.71 Å². The molecule has 0 spiro atoms. The van der Waals surface area contributed by atoms with Gasteiger partial charge in [-0.1, -0.05) is 12.1 Å².